The zero-order valence-corrected chi connectivity index (χ0v) is 9.20. The minimum atomic E-state index is -0.148. The van der Waals surface area contributed by atoms with Crippen LogP contribution < -0.4 is 0 Å². The SMILES string of the molecule is CC1(c2ccc(Br)c(F)c2)CCC1. The van der Waals surface area contributed by atoms with Gasteiger partial charge in [-0.25, -0.2) is 4.39 Å². The Balaban J connectivity index is 2.36. The number of halogens is 2. The fraction of sp³-hybridized carbons (Fsp3) is 0.455. The Hall–Kier alpha value is -0.370. The van der Waals surface area contributed by atoms with Crippen LogP contribution in [-0.4, -0.2) is 0 Å². The zero-order chi connectivity index (χ0) is 9.47. The molecular weight excluding hydrogens is 231 g/mol. The van der Waals surface area contributed by atoms with Crippen LogP contribution in [0.3, 0.4) is 0 Å². The first-order valence-electron chi connectivity index (χ1n) is 4.57. The van der Waals surface area contributed by atoms with Crippen LogP contribution in [-0.2, 0) is 5.41 Å². The minimum absolute atomic E-state index is 0.148. The first kappa shape index (κ1) is 9.20. The van der Waals surface area contributed by atoms with Crippen molar-refractivity contribution in [1.82, 2.24) is 0 Å². The Morgan fingerprint density at radius 2 is 2.08 bits per heavy atom. The molecule has 0 N–H and O–H groups in total. The molecule has 0 saturated heterocycles. The quantitative estimate of drug-likeness (QED) is 0.698. The van der Waals surface area contributed by atoms with Crippen molar-refractivity contribution in [2.24, 2.45) is 0 Å². The van der Waals surface area contributed by atoms with E-state index in [1.54, 1.807) is 12.1 Å². The molecular formula is C11H12BrF. The summed E-state index contributed by atoms with van der Waals surface area (Å²) in [7, 11) is 0. The third-order valence-corrected chi connectivity index (χ3v) is 3.72. The fourth-order valence-electron chi connectivity index (χ4n) is 1.87. The monoisotopic (exact) mass is 242 g/mol. The summed E-state index contributed by atoms with van der Waals surface area (Å²) in [5.74, 6) is -0.148. The van der Waals surface area contributed by atoms with E-state index < -0.39 is 0 Å². The van der Waals surface area contributed by atoms with E-state index in [0.717, 1.165) is 5.56 Å². The highest BCUT2D eigenvalue weighted by Crippen LogP contribution is 2.43. The Morgan fingerprint density at radius 1 is 1.38 bits per heavy atom. The van der Waals surface area contributed by atoms with Gasteiger partial charge in [0.05, 0.1) is 4.47 Å². The maximum atomic E-state index is 13.2. The number of hydrogen-bond acceptors (Lipinski definition) is 0. The van der Waals surface area contributed by atoms with Gasteiger partial charge in [-0.15, -0.1) is 0 Å². The molecule has 1 aromatic carbocycles. The first-order valence-corrected chi connectivity index (χ1v) is 5.37. The summed E-state index contributed by atoms with van der Waals surface area (Å²) in [6.07, 6.45) is 3.65. The molecule has 1 aromatic rings. The lowest BCUT2D eigenvalue weighted by molar-refractivity contribution is 0.271. The van der Waals surface area contributed by atoms with Gasteiger partial charge in [-0.1, -0.05) is 19.4 Å². The lowest BCUT2D eigenvalue weighted by Crippen LogP contribution is -2.30. The van der Waals surface area contributed by atoms with Crippen molar-refractivity contribution >= 4 is 15.9 Å². The van der Waals surface area contributed by atoms with Crippen LogP contribution in [0.15, 0.2) is 22.7 Å². The predicted octanol–water partition coefficient (Wildman–Crippen LogP) is 4.03. The Kier molecular flexibility index (Phi) is 2.18. The maximum absolute atomic E-state index is 13.2. The molecule has 1 fully saturated rings. The highest BCUT2D eigenvalue weighted by Gasteiger charge is 2.33. The van der Waals surface area contributed by atoms with Gasteiger partial charge in [-0.3, -0.25) is 0 Å². The number of benzene rings is 1. The van der Waals surface area contributed by atoms with Crippen LogP contribution in [0.1, 0.15) is 31.7 Å². The molecule has 0 amide bonds. The van der Waals surface area contributed by atoms with Gasteiger partial charge in [0.25, 0.3) is 0 Å². The van der Waals surface area contributed by atoms with E-state index in [-0.39, 0.29) is 11.2 Å². The van der Waals surface area contributed by atoms with Crippen LogP contribution in [0, 0.1) is 5.82 Å². The number of hydrogen-bond donors (Lipinski definition) is 0. The lowest BCUT2D eigenvalue weighted by Gasteiger charge is -2.39. The first-order chi connectivity index (χ1) is 6.12. The van der Waals surface area contributed by atoms with E-state index in [0.29, 0.717) is 4.47 Å². The Labute approximate surface area is 86.3 Å². The van der Waals surface area contributed by atoms with E-state index in [2.05, 4.69) is 22.9 Å². The van der Waals surface area contributed by atoms with Crippen LogP contribution in [0.2, 0.25) is 0 Å². The molecule has 1 aliphatic rings. The molecule has 2 rings (SSSR count). The third kappa shape index (κ3) is 1.52. The summed E-state index contributed by atoms with van der Waals surface area (Å²) >= 11 is 3.16. The van der Waals surface area contributed by atoms with Crippen LogP contribution >= 0.6 is 15.9 Å². The van der Waals surface area contributed by atoms with E-state index in [9.17, 15) is 4.39 Å². The standard InChI is InChI=1S/C11H12BrF/c1-11(5-2-6-11)8-3-4-9(12)10(13)7-8/h3-4,7H,2,5-6H2,1H3. The largest absolute Gasteiger partial charge is 0.206 e. The van der Waals surface area contributed by atoms with E-state index in [1.165, 1.54) is 19.3 Å². The van der Waals surface area contributed by atoms with Gasteiger partial charge in [0, 0.05) is 0 Å². The van der Waals surface area contributed by atoms with Crippen molar-refractivity contribution < 1.29 is 4.39 Å². The van der Waals surface area contributed by atoms with E-state index >= 15 is 0 Å². The van der Waals surface area contributed by atoms with Crippen molar-refractivity contribution in [2.75, 3.05) is 0 Å². The molecule has 0 aromatic heterocycles. The second-order valence-electron chi connectivity index (χ2n) is 4.04. The Morgan fingerprint density at radius 3 is 2.54 bits per heavy atom. The molecule has 0 heterocycles. The highest BCUT2D eigenvalue weighted by atomic mass is 79.9. The minimum Gasteiger partial charge on any atom is -0.206 e. The van der Waals surface area contributed by atoms with Crippen LogP contribution in [0.25, 0.3) is 0 Å². The van der Waals surface area contributed by atoms with Gasteiger partial charge in [0.2, 0.25) is 0 Å². The smallest absolute Gasteiger partial charge is 0.137 e. The summed E-state index contributed by atoms with van der Waals surface area (Å²) < 4.78 is 13.8. The normalized spacial score (nSPS) is 19.6. The average Bonchev–Trinajstić information content (AvgIpc) is 2.06. The van der Waals surface area contributed by atoms with Crippen molar-refractivity contribution in [2.45, 2.75) is 31.6 Å². The van der Waals surface area contributed by atoms with Gasteiger partial charge in [0.15, 0.2) is 0 Å². The van der Waals surface area contributed by atoms with Crippen molar-refractivity contribution in [3.63, 3.8) is 0 Å². The van der Waals surface area contributed by atoms with E-state index in [4.69, 9.17) is 0 Å². The Bertz CT molecular complexity index is 329. The highest BCUT2D eigenvalue weighted by molar-refractivity contribution is 9.10. The lowest BCUT2D eigenvalue weighted by atomic mass is 9.66. The van der Waals surface area contributed by atoms with Crippen molar-refractivity contribution in [3.05, 3.63) is 34.1 Å². The third-order valence-electron chi connectivity index (χ3n) is 3.07. The zero-order valence-electron chi connectivity index (χ0n) is 7.61. The van der Waals surface area contributed by atoms with E-state index in [1.807, 2.05) is 6.07 Å². The van der Waals surface area contributed by atoms with Gasteiger partial charge in [0.1, 0.15) is 5.82 Å². The van der Waals surface area contributed by atoms with Gasteiger partial charge < -0.3 is 0 Å². The fourth-order valence-corrected chi connectivity index (χ4v) is 2.11. The maximum Gasteiger partial charge on any atom is 0.137 e. The molecule has 0 spiro atoms. The number of rotatable bonds is 1. The summed E-state index contributed by atoms with van der Waals surface area (Å²) in [5.41, 5.74) is 1.38. The van der Waals surface area contributed by atoms with Gasteiger partial charge in [-0.2, -0.15) is 0 Å². The molecule has 0 bridgehead atoms. The topological polar surface area (TPSA) is 0 Å². The molecule has 0 atom stereocenters. The molecule has 0 radical (unpaired) electrons. The predicted molar refractivity (Wildman–Crippen MR) is 55.3 cm³/mol. The second kappa shape index (κ2) is 3.09. The van der Waals surface area contributed by atoms with Crippen LogP contribution in [0.4, 0.5) is 4.39 Å². The van der Waals surface area contributed by atoms with Crippen molar-refractivity contribution in [1.29, 1.82) is 0 Å². The second-order valence-corrected chi connectivity index (χ2v) is 4.90. The van der Waals surface area contributed by atoms with Crippen LogP contribution in [0.5, 0.6) is 0 Å². The molecule has 2 heteroatoms. The summed E-state index contributed by atoms with van der Waals surface area (Å²) in [6, 6.07) is 5.48. The van der Waals surface area contributed by atoms with Crippen molar-refractivity contribution in [3.8, 4) is 0 Å². The van der Waals surface area contributed by atoms with Gasteiger partial charge >= 0.3 is 0 Å². The molecule has 13 heavy (non-hydrogen) atoms. The molecule has 70 valence electrons. The molecule has 1 aliphatic carbocycles. The molecule has 0 unspecified atom stereocenters. The molecule has 1 saturated carbocycles. The summed E-state index contributed by atoms with van der Waals surface area (Å²) in [6.45, 7) is 2.21. The van der Waals surface area contributed by atoms with Gasteiger partial charge in [-0.05, 0) is 51.9 Å². The molecule has 0 nitrogen and oxygen atoms in total. The summed E-state index contributed by atoms with van der Waals surface area (Å²) in [5, 5.41) is 0. The molecule has 0 aliphatic heterocycles. The summed E-state index contributed by atoms with van der Waals surface area (Å²) in [4.78, 5) is 0. The average molecular weight is 243 g/mol.